The van der Waals surface area contributed by atoms with Gasteiger partial charge in [0.05, 0.1) is 30.0 Å². The second-order valence-corrected chi connectivity index (χ2v) is 7.81. The van der Waals surface area contributed by atoms with Crippen LogP contribution in [0.4, 0.5) is 5.69 Å². The third kappa shape index (κ3) is 3.04. The number of carbonyl (C=O) groups excluding carboxylic acids is 1. The molecule has 2 atom stereocenters. The molecule has 4 rings (SSSR count). The number of H-pyrrole nitrogens is 1. The van der Waals surface area contributed by atoms with E-state index in [1.165, 1.54) is 0 Å². The van der Waals surface area contributed by atoms with Crippen molar-refractivity contribution in [2.24, 2.45) is 11.8 Å². The largest absolute Gasteiger partial charge is 0.503 e. The van der Waals surface area contributed by atoms with Crippen molar-refractivity contribution in [2.75, 3.05) is 18.1 Å². The summed E-state index contributed by atoms with van der Waals surface area (Å²) in [7, 11) is 0. The van der Waals surface area contributed by atoms with Crippen LogP contribution in [-0.4, -0.2) is 40.2 Å². The Kier molecular flexibility index (Phi) is 4.52. The van der Waals surface area contributed by atoms with Crippen molar-refractivity contribution in [1.29, 1.82) is 0 Å². The number of anilines is 1. The summed E-state index contributed by atoms with van der Waals surface area (Å²) in [6, 6.07) is 5.42. The van der Waals surface area contributed by atoms with E-state index in [4.69, 9.17) is 4.74 Å². The minimum absolute atomic E-state index is 0.132. The minimum Gasteiger partial charge on any atom is -0.503 e. The lowest BCUT2D eigenvalue weighted by Gasteiger charge is -2.31. The number of hydrogen-bond acceptors (Lipinski definition) is 4. The van der Waals surface area contributed by atoms with E-state index in [1.807, 2.05) is 18.2 Å². The number of nitrogens with zero attached hydrogens (tertiary/aromatic N) is 2. The van der Waals surface area contributed by atoms with Crippen LogP contribution >= 0.6 is 0 Å². The molecule has 1 aromatic heterocycles. The number of aliphatic hydroxyl groups excluding tert-OH is 1. The van der Waals surface area contributed by atoms with Gasteiger partial charge >= 0.3 is 0 Å². The van der Waals surface area contributed by atoms with E-state index in [0.29, 0.717) is 24.7 Å². The number of aromatic amines is 1. The molecular formula is C21H25N3O3. The SMILES string of the molecule is C=C(CC(C)C)C1=C(O)C(=O)N(c2ccc3[nH]cnc3c2)C1C1CCOC1. The molecule has 1 fully saturated rings. The summed E-state index contributed by atoms with van der Waals surface area (Å²) >= 11 is 0. The summed E-state index contributed by atoms with van der Waals surface area (Å²) in [6.45, 7) is 9.66. The highest BCUT2D eigenvalue weighted by molar-refractivity contribution is 6.10. The lowest BCUT2D eigenvalue weighted by atomic mass is 9.86. The number of amides is 1. The first-order chi connectivity index (χ1) is 13.0. The molecule has 0 aliphatic carbocycles. The molecular weight excluding hydrogens is 342 g/mol. The summed E-state index contributed by atoms with van der Waals surface area (Å²) in [5.74, 6) is -0.0309. The maximum atomic E-state index is 13.1. The molecule has 1 aromatic carbocycles. The molecule has 2 aliphatic heterocycles. The van der Waals surface area contributed by atoms with Crippen molar-refractivity contribution < 1.29 is 14.6 Å². The van der Waals surface area contributed by atoms with Crippen LogP contribution in [-0.2, 0) is 9.53 Å². The topological polar surface area (TPSA) is 78.5 Å². The van der Waals surface area contributed by atoms with Gasteiger partial charge < -0.3 is 14.8 Å². The molecule has 2 aliphatic rings. The van der Waals surface area contributed by atoms with Gasteiger partial charge in [0.2, 0.25) is 0 Å². The first-order valence-electron chi connectivity index (χ1n) is 9.43. The molecule has 27 heavy (non-hydrogen) atoms. The highest BCUT2D eigenvalue weighted by atomic mass is 16.5. The summed E-state index contributed by atoms with van der Waals surface area (Å²) in [5, 5.41) is 10.7. The van der Waals surface area contributed by atoms with Gasteiger partial charge in [-0.3, -0.25) is 9.69 Å². The molecule has 0 saturated carbocycles. The smallest absolute Gasteiger partial charge is 0.294 e. The van der Waals surface area contributed by atoms with Crippen LogP contribution in [0.5, 0.6) is 0 Å². The van der Waals surface area contributed by atoms with E-state index in [9.17, 15) is 9.90 Å². The van der Waals surface area contributed by atoms with E-state index >= 15 is 0 Å². The molecule has 0 radical (unpaired) electrons. The van der Waals surface area contributed by atoms with E-state index in [-0.39, 0.29) is 23.6 Å². The number of aliphatic hydroxyl groups is 1. The summed E-state index contributed by atoms with van der Waals surface area (Å²) in [4.78, 5) is 22.1. The Hall–Kier alpha value is -2.60. The summed E-state index contributed by atoms with van der Waals surface area (Å²) in [6.07, 6.45) is 3.22. The van der Waals surface area contributed by atoms with Gasteiger partial charge in [-0.25, -0.2) is 4.98 Å². The van der Waals surface area contributed by atoms with Gasteiger partial charge in [-0.1, -0.05) is 20.4 Å². The van der Waals surface area contributed by atoms with Crippen molar-refractivity contribution in [3.63, 3.8) is 0 Å². The average molecular weight is 367 g/mol. The number of imidazole rings is 1. The molecule has 0 spiro atoms. The van der Waals surface area contributed by atoms with Gasteiger partial charge in [-0.05, 0) is 42.5 Å². The van der Waals surface area contributed by atoms with Crippen molar-refractivity contribution >= 4 is 22.6 Å². The fourth-order valence-electron chi connectivity index (χ4n) is 4.20. The Morgan fingerprint density at radius 2 is 2.30 bits per heavy atom. The molecule has 1 saturated heterocycles. The number of ether oxygens (including phenoxy) is 1. The lowest BCUT2D eigenvalue weighted by Crippen LogP contribution is -2.41. The summed E-state index contributed by atoms with van der Waals surface area (Å²) in [5.41, 5.74) is 3.93. The number of fused-ring (bicyclic) bond motifs is 1. The van der Waals surface area contributed by atoms with Gasteiger partial charge in [-0.15, -0.1) is 0 Å². The van der Waals surface area contributed by atoms with Crippen molar-refractivity contribution in [1.82, 2.24) is 9.97 Å². The Morgan fingerprint density at radius 3 is 3.00 bits per heavy atom. The van der Waals surface area contributed by atoms with Gasteiger partial charge in [0, 0.05) is 23.8 Å². The standard InChI is InChI=1S/C21H25N3O3/c1-12(2)8-13(3)18-19(14-6-7-27-10-14)24(21(26)20(18)25)15-4-5-16-17(9-15)23-11-22-16/h4-5,9,11-12,14,19,25H,3,6-8,10H2,1-2H3,(H,22,23). The maximum Gasteiger partial charge on any atom is 0.294 e. The molecule has 2 unspecified atom stereocenters. The number of benzene rings is 1. The molecule has 2 N–H and O–H groups in total. The highest BCUT2D eigenvalue weighted by Gasteiger charge is 2.46. The zero-order valence-corrected chi connectivity index (χ0v) is 15.7. The molecule has 0 bridgehead atoms. The van der Waals surface area contributed by atoms with Crippen LogP contribution in [0.25, 0.3) is 11.0 Å². The molecule has 6 heteroatoms. The van der Waals surface area contributed by atoms with Crippen LogP contribution in [0, 0.1) is 11.8 Å². The first kappa shape index (κ1) is 17.8. The molecule has 2 aromatic rings. The number of nitrogens with one attached hydrogen (secondary N) is 1. The Bertz CT molecular complexity index is 922. The van der Waals surface area contributed by atoms with Gasteiger partial charge in [0.25, 0.3) is 5.91 Å². The zero-order valence-electron chi connectivity index (χ0n) is 15.7. The fourth-order valence-corrected chi connectivity index (χ4v) is 4.20. The molecule has 142 valence electrons. The zero-order chi connectivity index (χ0) is 19.1. The van der Waals surface area contributed by atoms with Gasteiger partial charge in [-0.2, -0.15) is 0 Å². The third-order valence-corrected chi connectivity index (χ3v) is 5.38. The second-order valence-electron chi connectivity index (χ2n) is 7.81. The monoisotopic (exact) mass is 367 g/mol. The van der Waals surface area contributed by atoms with Crippen LogP contribution in [0.1, 0.15) is 26.7 Å². The highest BCUT2D eigenvalue weighted by Crippen LogP contribution is 2.41. The Morgan fingerprint density at radius 1 is 1.48 bits per heavy atom. The second kappa shape index (κ2) is 6.85. The van der Waals surface area contributed by atoms with Crippen LogP contribution in [0.15, 0.2) is 48.0 Å². The fraction of sp³-hybridized carbons (Fsp3) is 0.429. The predicted octanol–water partition coefficient (Wildman–Crippen LogP) is 3.73. The quantitative estimate of drug-likeness (QED) is 0.844. The predicted molar refractivity (Wildman–Crippen MR) is 105 cm³/mol. The third-order valence-electron chi connectivity index (χ3n) is 5.38. The normalized spacial score (nSPS) is 23.2. The molecule has 3 heterocycles. The molecule has 6 nitrogen and oxygen atoms in total. The van der Waals surface area contributed by atoms with Crippen molar-refractivity contribution in [3.05, 3.63) is 48.0 Å². The van der Waals surface area contributed by atoms with E-state index in [0.717, 1.165) is 35.1 Å². The Balaban J connectivity index is 1.78. The van der Waals surface area contributed by atoms with E-state index < -0.39 is 0 Å². The van der Waals surface area contributed by atoms with Crippen molar-refractivity contribution in [3.8, 4) is 0 Å². The van der Waals surface area contributed by atoms with Crippen LogP contribution in [0.3, 0.4) is 0 Å². The minimum atomic E-state index is -0.373. The number of rotatable bonds is 5. The first-order valence-corrected chi connectivity index (χ1v) is 9.43. The van der Waals surface area contributed by atoms with E-state index in [1.54, 1.807) is 11.2 Å². The van der Waals surface area contributed by atoms with Gasteiger partial charge in [0.15, 0.2) is 5.76 Å². The number of aromatic nitrogens is 2. The van der Waals surface area contributed by atoms with Crippen LogP contribution in [0.2, 0.25) is 0 Å². The number of carbonyl (C=O) groups is 1. The van der Waals surface area contributed by atoms with Crippen molar-refractivity contribution in [2.45, 2.75) is 32.7 Å². The Labute approximate surface area is 158 Å². The summed E-state index contributed by atoms with van der Waals surface area (Å²) < 4.78 is 5.60. The average Bonchev–Trinajstić information content (AvgIpc) is 3.34. The van der Waals surface area contributed by atoms with Crippen LogP contribution < -0.4 is 4.90 Å². The van der Waals surface area contributed by atoms with E-state index in [2.05, 4.69) is 30.4 Å². The number of hydrogen-bond donors (Lipinski definition) is 2. The van der Waals surface area contributed by atoms with Gasteiger partial charge in [0.1, 0.15) is 0 Å². The lowest BCUT2D eigenvalue weighted by molar-refractivity contribution is -0.117. The maximum absolute atomic E-state index is 13.1. The molecule has 1 amide bonds.